The van der Waals surface area contributed by atoms with Gasteiger partial charge in [0.05, 0.1) is 6.21 Å². The summed E-state index contributed by atoms with van der Waals surface area (Å²) >= 11 is 6.28. The van der Waals surface area contributed by atoms with Crippen molar-refractivity contribution < 1.29 is 14.6 Å². The van der Waals surface area contributed by atoms with Gasteiger partial charge in [0.1, 0.15) is 32.7 Å². The highest BCUT2D eigenvalue weighted by atomic mass is 35.5. The molecule has 0 bridgehead atoms. The monoisotopic (exact) mass is 448 g/mol. The maximum Gasteiger partial charge on any atom is 0.295 e. The van der Waals surface area contributed by atoms with Crippen molar-refractivity contribution in [2.75, 3.05) is 32.7 Å². The first-order valence-corrected chi connectivity index (χ1v) is 11.4. The number of carbonyl (C=O) groups excluding carboxylic acids is 1. The zero-order chi connectivity index (χ0) is 22.2. The third kappa shape index (κ3) is 6.26. The van der Waals surface area contributed by atoms with Gasteiger partial charge in [-0.2, -0.15) is 5.10 Å². The van der Waals surface area contributed by atoms with Gasteiger partial charge in [-0.15, -0.1) is 0 Å². The molecule has 0 saturated carbocycles. The molecule has 3 aromatic rings. The van der Waals surface area contributed by atoms with Crippen LogP contribution in [0.4, 0.5) is 0 Å². The van der Waals surface area contributed by atoms with E-state index >= 15 is 0 Å². The molecule has 0 aliphatic carbocycles. The van der Waals surface area contributed by atoms with Gasteiger partial charge >= 0.3 is 0 Å². The highest BCUT2D eigenvalue weighted by Gasteiger charge is 2.25. The summed E-state index contributed by atoms with van der Waals surface area (Å²) < 4.78 is 0. The van der Waals surface area contributed by atoms with Crippen molar-refractivity contribution in [2.24, 2.45) is 5.10 Å². The van der Waals surface area contributed by atoms with Crippen molar-refractivity contribution in [3.8, 4) is 11.1 Å². The second kappa shape index (κ2) is 11.0. The lowest BCUT2D eigenvalue weighted by atomic mass is 10.0. The molecule has 0 radical (unpaired) electrons. The van der Waals surface area contributed by atoms with E-state index in [0.717, 1.165) is 48.9 Å². The minimum absolute atomic E-state index is 0.0493. The summed E-state index contributed by atoms with van der Waals surface area (Å²) in [7, 11) is 0. The largest absolute Gasteiger partial charge is 0.322 e. The quantitative estimate of drug-likeness (QED) is 0.372. The van der Waals surface area contributed by atoms with Crippen molar-refractivity contribution in [1.82, 2.24) is 5.43 Å². The number of hydrogen-bond donors (Lipinski definition) is 3. The Hall–Kier alpha value is -2.99. The van der Waals surface area contributed by atoms with Crippen molar-refractivity contribution in [2.45, 2.75) is 6.54 Å². The van der Waals surface area contributed by atoms with Gasteiger partial charge in [-0.3, -0.25) is 4.79 Å². The van der Waals surface area contributed by atoms with E-state index in [2.05, 4.69) is 40.9 Å². The first-order valence-electron chi connectivity index (χ1n) is 11.1. The molecule has 0 spiro atoms. The van der Waals surface area contributed by atoms with Crippen molar-refractivity contribution in [3.05, 3.63) is 95.0 Å². The molecule has 164 valence electrons. The normalized spacial score (nSPS) is 18.5. The molecular weight excluding hydrogens is 420 g/mol. The van der Waals surface area contributed by atoms with Crippen LogP contribution in [-0.2, 0) is 11.3 Å². The minimum atomic E-state index is -0.0493. The summed E-state index contributed by atoms with van der Waals surface area (Å²) in [5, 5.41) is 4.97. The zero-order valence-corrected chi connectivity index (χ0v) is 18.8. The SMILES string of the molecule is O=C(C[NH+]1CC[NH+](Cc2ccccc2Cl)CC1)NN=Cc1ccc(-c2ccccc2)cc1. The standard InChI is InChI=1S/C26H27ClN4O/c27-25-9-5-4-8-24(25)19-30-14-16-31(17-15-30)20-26(32)29-28-18-21-10-12-23(13-11-21)22-6-2-1-3-7-22/h1-13,18H,14-17,19-20H2,(H,29,32)/p+2. The molecule has 4 rings (SSSR count). The van der Waals surface area contributed by atoms with Crippen molar-refractivity contribution in [1.29, 1.82) is 0 Å². The lowest BCUT2D eigenvalue weighted by Crippen LogP contribution is -3.28. The summed E-state index contributed by atoms with van der Waals surface area (Å²) in [5.41, 5.74) is 7.15. The number of hydrazone groups is 1. The van der Waals surface area contributed by atoms with E-state index in [9.17, 15) is 4.79 Å². The molecule has 1 heterocycles. The third-order valence-electron chi connectivity index (χ3n) is 5.89. The molecule has 3 aromatic carbocycles. The Bertz CT molecular complexity index is 1040. The topological polar surface area (TPSA) is 50.3 Å². The number of amides is 1. The number of nitrogens with zero attached hydrogens (tertiary/aromatic N) is 1. The number of nitrogens with one attached hydrogen (secondary N) is 3. The van der Waals surface area contributed by atoms with Crippen LogP contribution in [0.2, 0.25) is 5.02 Å². The number of carbonyl (C=O) groups is 1. The van der Waals surface area contributed by atoms with E-state index in [-0.39, 0.29) is 5.91 Å². The highest BCUT2D eigenvalue weighted by molar-refractivity contribution is 6.31. The van der Waals surface area contributed by atoms with Gasteiger partial charge < -0.3 is 9.80 Å². The van der Waals surface area contributed by atoms with E-state index in [0.29, 0.717) is 6.54 Å². The zero-order valence-electron chi connectivity index (χ0n) is 18.1. The average Bonchev–Trinajstić information content (AvgIpc) is 2.83. The van der Waals surface area contributed by atoms with Crippen LogP contribution in [0.3, 0.4) is 0 Å². The third-order valence-corrected chi connectivity index (χ3v) is 6.26. The predicted molar refractivity (Wildman–Crippen MR) is 129 cm³/mol. The first-order chi connectivity index (χ1) is 15.7. The van der Waals surface area contributed by atoms with Crippen molar-refractivity contribution >= 4 is 23.7 Å². The van der Waals surface area contributed by atoms with E-state index in [4.69, 9.17) is 11.6 Å². The lowest BCUT2D eigenvalue weighted by Gasteiger charge is -2.29. The number of benzene rings is 3. The van der Waals surface area contributed by atoms with Crippen LogP contribution in [0.5, 0.6) is 0 Å². The summed E-state index contributed by atoms with van der Waals surface area (Å²) in [6.07, 6.45) is 1.69. The molecule has 1 fully saturated rings. The Morgan fingerprint density at radius 2 is 1.47 bits per heavy atom. The number of piperazine rings is 1. The molecule has 3 N–H and O–H groups in total. The maximum atomic E-state index is 12.3. The Morgan fingerprint density at radius 1 is 0.844 bits per heavy atom. The molecule has 5 nitrogen and oxygen atoms in total. The van der Waals surface area contributed by atoms with E-state index < -0.39 is 0 Å². The van der Waals surface area contributed by atoms with Crippen LogP contribution < -0.4 is 15.2 Å². The summed E-state index contributed by atoms with van der Waals surface area (Å²) in [6.45, 7) is 5.39. The number of quaternary nitrogens is 2. The van der Waals surface area contributed by atoms with Crippen LogP contribution in [0.15, 0.2) is 84.0 Å². The van der Waals surface area contributed by atoms with Crippen LogP contribution in [0, 0.1) is 0 Å². The minimum Gasteiger partial charge on any atom is -0.322 e. The summed E-state index contributed by atoms with van der Waals surface area (Å²) in [5.74, 6) is -0.0493. The molecule has 1 amide bonds. The lowest BCUT2D eigenvalue weighted by molar-refractivity contribution is -1.02. The molecule has 0 atom stereocenters. The second-order valence-corrected chi connectivity index (χ2v) is 8.63. The van der Waals surface area contributed by atoms with E-state index in [1.807, 2.05) is 48.5 Å². The van der Waals surface area contributed by atoms with Gasteiger partial charge in [-0.1, -0.05) is 84.4 Å². The van der Waals surface area contributed by atoms with Crippen LogP contribution in [0.1, 0.15) is 11.1 Å². The van der Waals surface area contributed by atoms with Gasteiger partial charge in [0, 0.05) is 10.6 Å². The van der Waals surface area contributed by atoms with Crippen LogP contribution >= 0.6 is 11.6 Å². The predicted octanol–water partition coefficient (Wildman–Crippen LogP) is 1.44. The molecule has 0 aromatic heterocycles. The molecule has 32 heavy (non-hydrogen) atoms. The van der Waals surface area contributed by atoms with Gasteiger partial charge in [0.15, 0.2) is 6.54 Å². The van der Waals surface area contributed by atoms with E-state index in [1.165, 1.54) is 20.9 Å². The van der Waals surface area contributed by atoms with Crippen molar-refractivity contribution in [3.63, 3.8) is 0 Å². The molecule has 6 heteroatoms. The van der Waals surface area contributed by atoms with Gasteiger partial charge in [0.25, 0.3) is 5.91 Å². The van der Waals surface area contributed by atoms with Gasteiger partial charge in [-0.25, -0.2) is 5.43 Å². The Morgan fingerprint density at radius 3 is 2.19 bits per heavy atom. The number of rotatable bonds is 7. The fourth-order valence-corrected chi connectivity index (χ4v) is 4.26. The fraction of sp³-hybridized carbons (Fsp3) is 0.231. The number of hydrogen-bond acceptors (Lipinski definition) is 2. The molecular formula is C26H29ClN4O+2. The number of halogens is 1. The molecule has 0 unspecified atom stereocenters. The second-order valence-electron chi connectivity index (χ2n) is 8.23. The Kier molecular flexibility index (Phi) is 7.67. The summed E-state index contributed by atoms with van der Waals surface area (Å²) in [6, 6.07) is 26.4. The Labute approximate surface area is 194 Å². The van der Waals surface area contributed by atoms with Crippen LogP contribution in [-0.4, -0.2) is 44.8 Å². The van der Waals surface area contributed by atoms with Gasteiger partial charge in [-0.05, 0) is 22.8 Å². The van der Waals surface area contributed by atoms with E-state index in [1.54, 1.807) is 6.21 Å². The molecule has 1 saturated heterocycles. The van der Waals surface area contributed by atoms with Gasteiger partial charge in [0.2, 0.25) is 0 Å². The average molecular weight is 449 g/mol. The maximum absolute atomic E-state index is 12.3. The highest BCUT2D eigenvalue weighted by Crippen LogP contribution is 2.18. The Balaban J connectivity index is 1.19. The fourth-order valence-electron chi connectivity index (χ4n) is 4.06. The summed E-state index contributed by atoms with van der Waals surface area (Å²) in [4.78, 5) is 15.1. The smallest absolute Gasteiger partial charge is 0.295 e. The molecule has 1 aliphatic rings. The first kappa shape index (κ1) is 22.2. The van der Waals surface area contributed by atoms with Crippen LogP contribution in [0.25, 0.3) is 11.1 Å². The molecule has 1 aliphatic heterocycles.